The second-order valence-electron chi connectivity index (χ2n) is 4.91. The highest BCUT2D eigenvalue weighted by Gasteiger charge is 2.16. The molecule has 1 N–H and O–H groups in total. The normalized spacial score (nSPS) is 11.3. The summed E-state index contributed by atoms with van der Waals surface area (Å²) in [5.74, 6) is 0.709. The second-order valence-corrected chi connectivity index (χ2v) is 6.68. The number of nitrogens with one attached hydrogen (secondary N) is 1. The molecule has 2 aromatic carbocycles. The van der Waals surface area contributed by atoms with Gasteiger partial charge in [0, 0.05) is 12.1 Å². The first-order chi connectivity index (χ1) is 10.9. The zero-order valence-corrected chi connectivity index (χ0v) is 13.9. The van der Waals surface area contributed by atoms with Gasteiger partial charge in [-0.1, -0.05) is 0 Å². The number of hydrogen-bond donors (Lipinski definition) is 1. The smallest absolute Gasteiger partial charge is 0.240 e. The summed E-state index contributed by atoms with van der Waals surface area (Å²) >= 11 is 0. The Bertz CT molecular complexity index is 788. The molecule has 0 saturated carbocycles. The molecular formula is C16H18FNO4S. The zero-order valence-electron chi connectivity index (χ0n) is 13.1. The monoisotopic (exact) mass is 339 g/mol. The van der Waals surface area contributed by atoms with Gasteiger partial charge in [-0.3, -0.25) is 0 Å². The minimum Gasteiger partial charge on any atom is -0.496 e. The first-order valence-corrected chi connectivity index (χ1v) is 8.32. The summed E-state index contributed by atoms with van der Waals surface area (Å²) in [6, 6.07) is 8.13. The first-order valence-electron chi connectivity index (χ1n) is 6.84. The Kier molecular flexibility index (Phi) is 5.23. The van der Waals surface area contributed by atoms with Crippen molar-refractivity contribution in [2.75, 3.05) is 14.2 Å². The summed E-state index contributed by atoms with van der Waals surface area (Å²) in [6.07, 6.45) is 0. The molecule has 0 spiro atoms. The Labute approximate surface area is 135 Å². The molecule has 0 bridgehead atoms. The molecule has 5 nitrogen and oxygen atoms in total. The summed E-state index contributed by atoms with van der Waals surface area (Å²) in [6.45, 7) is 1.90. The van der Waals surface area contributed by atoms with Crippen LogP contribution in [0.3, 0.4) is 0 Å². The lowest BCUT2D eigenvalue weighted by Crippen LogP contribution is -2.23. The van der Waals surface area contributed by atoms with Crippen LogP contribution in [0.15, 0.2) is 41.3 Å². The second kappa shape index (κ2) is 6.97. The Morgan fingerprint density at radius 1 is 1.04 bits per heavy atom. The fourth-order valence-electron chi connectivity index (χ4n) is 2.12. The predicted molar refractivity (Wildman–Crippen MR) is 84.7 cm³/mol. The molecule has 7 heteroatoms. The van der Waals surface area contributed by atoms with E-state index in [2.05, 4.69) is 4.72 Å². The van der Waals surface area contributed by atoms with Gasteiger partial charge in [-0.25, -0.2) is 17.5 Å². The maximum atomic E-state index is 12.9. The van der Waals surface area contributed by atoms with Crippen molar-refractivity contribution in [3.05, 3.63) is 53.3 Å². The van der Waals surface area contributed by atoms with Crippen LogP contribution in [0.25, 0.3) is 0 Å². The molecule has 2 aromatic rings. The number of methoxy groups -OCH3 is 2. The van der Waals surface area contributed by atoms with Gasteiger partial charge in [0.15, 0.2) is 0 Å². The van der Waals surface area contributed by atoms with Crippen molar-refractivity contribution < 1.29 is 22.3 Å². The lowest BCUT2D eigenvalue weighted by Gasteiger charge is -2.14. The minimum atomic E-state index is -3.74. The highest BCUT2D eigenvalue weighted by atomic mass is 32.2. The molecule has 0 aromatic heterocycles. The van der Waals surface area contributed by atoms with Crippen LogP contribution in [0.1, 0.15) is 11.1 Å². The molecule has 0 saturated heterocycles. The van der Waals surface area contributed by atoms with Crippen molar-refractivity contribution in [3.8, 4) is 11.5 Å². The van der Waals surface area contributed by atoms with Gasteiger partial charge in [0.1, 0.15) is 17.3 Å². The molecule has 0 heterocycles. The van der Waals surface area contributed by atoms with Crippen molar-refractivity contribution >= 4 is 10.0 Å². The summed E-state index contributed by atoms with van der Waals surface area (Å²) < 4.78 is 50.3. The molecule has 0 amide bonds. The SMILES string of the molecule is COc1cc(CNS(=O)(=O)c2ccc(F)cc2)c(OC)cc1C. The average Bonchev–Trinajstić information content (AvgIpc) is 2.53. The molecule has 0 aliphatic heterocycles. The Hall–Kier alpha value is -2.12. The maximum Gasteiger partial charge on any atom is 0.240 e. The Morgan fingerprint density at radius 2 is 1.65 bits per heavy atom. The van der Waals surface area contributed by atoms with Crippen molar-refractivity contribution in [3.63, 3.8) is 0 Å². The van der Waals surface area contributed by atoms with Crippen LogP contribution in [-0.2, 0) is 16.6 Å². The molecule has 124 valence electrons. The van der Waals surface area contributed by atoms with Crippen LogP contribution in [0.2, 0.25) is 0 Å². The van der Waals surface area contributed by atoms with E-state index in [-0.39, 0.29) is 11.4 Å². The third-order valence-electron chi connectivity index (χ3n) is 3.37. The number of hydrogen-bond acceptors (Lipinski definition) is 4. The molecule has 2 rings (SSSR count). The third kappa shape index (κ3) is 4.00. The van der Waals surface area contributed by atoms with Gasteiger partial charge in [-0.2, -0.15) is 0 Å². The van der Waals surface area contributed by atoms with Crippen LogP contribution < -0.4 is 14.2 Å². The summed E-state index contributed by atoms with van der Waals surface area (Å²) in [7, 11) is -0.687. The van der Waals surface area contributed by atoms with E-state index < -0.39 is 15.8 Å². The van der Waals surface area contributed by atoms with E-state index in [1.54, 1.807) is 19.2 Å². The van der Waals surface area contributed by atoms with Gasteiger partial charge in [0.2, 0.25) is 10.0 Å². The van der Waals surface area contributed by atoms with E-state index in [0.717, 1.165) is 17.7 Å². The Balaban J connectivity index is 2.24. The zero-order chi connectivity index (χ0) is 17.0. The van der Waals surface area contributed by atoms with Crippen LogP contribution in [-0.4, -0.2) is 22.6 Å². The quantitative estimate of drug-likeness (QED) is 0.879. The van der Waals surface area contributed by atoms with E-state index in [4.69, 9.17) is 9.47 Å². The van der Waals surface area contributed by atoms with Crippen LogP contribution >= 0.6 is 0 Å². The largest absolute Gasteiger partial charge is 0.496 e. The molecule has 0 atom stereocenters. The van der Waals surface area contributed by atoms with Crippen molar-refractivity contribution in [2.24, 2.45) is 0 Å². The summed E-state index contributed by atoms with van der Waals surface area (Å²) in [5.41, 5.74) is 1.52. The van der Waals surface area contributed by atoms with Gasteiger partial charge >= 0.3 is 0 Å². The van der Waals surface area contributed by atoms with Gasteiger partial charge < -0.3 is 9.47 Å². The predicted octanol–water partition coefficient (Wildman–Crippen LogP) is 2.63. The Morgan fingerprint density at radius 3 is 2.22 bits per heavy atom. The third-order valence-corrected chi connectivity index (χ3v) is 4.79. The van der Waals surface area contributed by atoms with E-state index in [9.17, 15) is 12.8 Å². The van der Waals surface area contributed by atoms with Crippen LogP contribution in [0.5, 0.6) is 11.5 Å². The molecule has 0 unspecified atom stereocenters. The minimum absolute atomic E-state index is 0.00283. The molecular weight excluding hydrogens is 321 g/mol. The number of rotatable bonds is 6. The van der Waals surface area contributed by atoms with Gasteiger partial charge in [0.25, 0.3) is 0 Å². The van der Waals surface area contributed by atoms with Crippen LogP contribution in [0, 0.1) is 12.7 Å². The summed E-state index contributed by atoms with van der Waals surface area (Å²) in [5, 5.41) is 0. The lowest BCUT2D eigenvalue weighted by molar-refractivity contribution is 0.396. The fourth-order valence-corrected chi connectivity index (χ4v) is 3.13. The number of benzene rings is 2. The van der Waals surface area contributed by atoms with E-state index in [1.807, 2.05) is 6.92 Å². The van der Waals surface area contributed by atoms with E-state index >= 15 is 0 Å². The molecule has 0 radical (unpaired) electrons. The number of ether oxygens (including phenoxy) is 2. The number of aryl methyl sites for hydroxylation is 1. The van der Waals surface area contributed by atoms with Crippen LogP contribution in [0.4, 0.5) is 4.39 Å². The average molecular weight is 339 g/mol. The molecule has 23 heavy (non-hydrogen) atoms. The standard InChI is InChI=1S/C16H18FNO4S/c1-11-8-16(22-3)12(9-15(11)21-2)10-18-23(19,20)14-6-4-13(17)5-7-14/h4-9,18H,10H2,1-3H3. The molecule has 0 aliphatic carbocycles. The van der Waals surface area contributed by atoms with Crippen molar-refractivity contribution in [2.45, 2.75) is 18.4 Å². The fraction of sp³-hybridized carbons (Fsp3) is 0.250. The lowest BCUT2D eigenvalue weighted by atomic mass is 10.1. The van der Waals surface area contributed by atoms with Crippen molar-refractivity contribution in [1.82, 2.24) is 4.72 Å². The molecule has 0 fully saturated rings. The number of halogens is 1. The van der Waals surface area contributed by atoms with Gasteiger partial charge in [-0.05, 0) is 48.9 Å². The van der Waals surface area contributed by atoms with E-state index in [0.29, 0.717) is 17.1 Å². The van der Waals surface area contributed by atoms with Gasteiger partial charge in [-0.15, -0.1) is 0 Å². The van der Waals surface area contributed by atoms with Crippen molar-refractivity contribution in [1.29, 1.82) is 0 Å². The topological polar surface area (TPSA) is 64.6 Å². The number of sulfonamides is 1. The summed E-state index contributed by atoms with van der Waals surface area (Å²) in [4.78, 5) is -0.00283. The highest BCUT2D eigenvalue weighted by molar-refractivity contribution is 7.89. The van der Waals surface area contributed by atoms with E-state index in [1.165, 1.54) is 19.2 Å². The maximum absolute atomic E-state index is 12.9. The first kappa shape index (κ1) is 17.2. The molecule has 0 aliphatic rings. The highest BCUT2D eigenvalue weighted by Crippen LogP contribution is 2.28. The van der Waals surface area contributed by atoms with Gasteiger partial charge in [0.05, 0.1) is 19.1 Å².